The third-order valence-electron chi connectivity index (χ3n) is 2.97. The van der Waals surface area contributed by atoms with Crippen LogP contribution in [0.1, 0.15) is 11.1 Å². The van der Waals surface area contributed by atoms with E-state index in [1.807, 2.05) is 48.5 Å². The lowest BCUT2D eigenvalue weighted by Gasteiger charge is -2.08. The van der Waals surface area contributed by atoms with E-state index in [1.165, 1.54) is 0 Å². The first-order valence-corrected chi connectivity index (χ1v) is 8.89. The number of benzene rings is 2. The maximum absolute atomic E-state index is 11.9. The molecule has 0 saturated heterocycles. The van der Waals surface area contributed by atoms with E-state index in [1.54, 1.807) is 12.3 Å². The molecule has 0 spiro atoms. The number of carbonyl (C=O) groups excluding carboxylic acids is 1. The van der Waals surface area contributed by atoms with Crippen molar-refractivity contribution in [2.45, 2.75) is 0 Å². The van der Waals surface area contributed by atoms with E-state index in [4.69, 9.17) is 0 Å². The summed E-state index contributed by atoms with van der Waals surface area (Å²) in [5.74, 6) is 6.57. The fourth-order valence-corrected chi connectivity index (χ4v) is 2.23. The van der Waals surface area contributed by atoms with E-state index in [9.17, 15) is 9.00 Å². The Bertz CT molecular complexity index is 748. The fraction of sp³-hybridized carbons (Fsp3) is 0.167. The summed E-state index contributed by atoms with van der Waals surface area (Å²) in [6, 6.07) is 16.7. The molecule has 0 fully saturated rings. The first-order valence-electron chi connectivity index (χ1n) is 7.16. The zero-order valence-corrected chi connectivity index (χ0v) is 13.7. The number of hydrogen-bond donors (Lipinski definition) is 2. The van der Waals surface area contributed by atoms with Crippen molar-refractivity contribution in [1.82, 2.24) is 5.32 Å². The summed E-state index contributed by atoms with van der Waals surface area (Å²) in [7, 11) is -0.922. The van der Waals surface area contributed by atoms with Crippen LogP contribution in [0.3, 0.4) is 0 Å². The van der Waals surface area contributed by atoms with Gasteiger partial charge in [0.05, 0.1) is 5.69 Å². The van der Waals surface area contributed by atoms with Crippen molar-refractivity contribution in [1.29, 1.82) is 0 Å². The molecule has 5 heteroatoms. The molecule has 0 aliphatic heterocycles. The van der Waals surface area contributed by atoms with Crippen LogP contribution in [0.5, 0.6) is 0 Å². The highest BCUT2D eigenvalue weighted by atomic mass is 32.2. The molecule has 0 aliphatic rings. The minimum atomic E-state index is -0.922. The number of urea groups is 1. The van der Waals surface area contributed by atoms with Crippen LogP contribution in [0.4, 0.5) is 10.5 Å². The number of anilines is 1. The zero-order valence-electron chi connectivity index (χ0n) is 12.8. The molecule has 4 nitrogen and oxygen atoms in total. The SMILES string of the molecule is C[S@](=O)CCNC(=O)Nc1ccccc1C#Cc1ccccc1. The van der Waals surface area contributed by atoms with Crippen LogP contribution >= 0.6 is 0 Å². The van der Waals surface area contributed by atoms with Crippen molar-refractivity contribution < 1.29 is 9.00 Å². The van der Waals surface area contributed by atoms with Crippen LogP contribution in [0.15, 0.2) is 54.6 Å². The Morgan fingerprint density at radius 3 is 2.48 bits per heavy atom. The highest BCUT2D eigenvalue weighted by molar-refractivity contribution is 7.84. The van der Waals surface area contributed by atoms with Crippen LogP contribution < -0.4 is 10.6 Å². The second-order valence-corrected chi connectivity index (χ2v) is 6.37. The molecule has 2 aromatic carbocycles. The number of nitrogens with one attached hydrogen (secondary N) is 2. The van der Waals surface area contributed by atoms with E-state index < -0.39 is 10.8 Å². The predicted octanol–water partition coefficient (Wildman–Crippen LogP) is 2.59. The average Bonchev–Trinajstić information content (AvgIpc) is 2.54. The van der Waals surface area contributed by atoms with Gasteiger partial charge in [-0.25, -0.2) is 4.79 Å². The lowest BCUT2D eigenvalue weighted by atomic mass is 10.1. The van der Waals surface area contributed by atoms with Crippen LogP contribution in [-0.2, 0) is 10.8 Å². The topological polar surface area (TPSA) is 58.2 Å². The third kappa shape index (κ3) is 5.97. The highest BCUT2D eigenvalue weighted by Gasteiger charge is 2.04. The van der Waals surface area contributed by atoms with Gasteiger partial charge in [0, 0.05) is 40.5 Å². The van der Waals surface area contributed by atoms with Crippen molar-refractivity contribution >= 4 is 22.5 Å². The van der Waals surface area contributed by atoms with Gasteiger partial charge < -0.3 is 10.6 Å². The summed E-state index contributed by atoms with van der Waals surface area (Å²) >= 11 is 0. The molecule has 0 unspecified atom stereocenters. The standard InChI is InChI=1S/C18H18N2O2S/c1-23(22)14-13-19-18(21)20-17-10-6-5-9-16(17)12-11-15-7-3-2-4-8-15/h2-10H,13-14H2,1H3,(H2,19,20,21)/t23-/m0/s1. The second-order valence-electron chi connectivity index (χ2n) is 4.82. The van der Waals surface area contributed by atoms with E-state index in [2.05, 4.69) is 22.5 Å². The smallest absolute Gasteiger partial charge is 0.319 e. The molecule has 2 amide bonds. The molecule has 0 aliphatic carbocycles. The lowest BCUT2D eigenvalue weighted by Crippen LogP contribution is -2.32. The van der Waals surface area contributed by atoms with Gasteiger partial charge in [-0.05, 0) is 24.3 Å². The van der Waals surface area contributed by atoms with Crippen LogP contribution in [-0.4, -0.2) is 28.8 Å². The molecule has 1 atom stereocenters. The molecule has 2 rings (SSSR count). The Morgan fingerprint density at radius 1 is 1.04 bits per heavy atom. The largest absolute Gasteiger partial charge is 0.337 e. The monoisotopic (exact) mass is 326 g/mol. The van der Waals surface area contributed by atoms with Crippen LogP contribution in [0, 0.1) is 11.8 Å². The van der Waals surface area contributed by atoms with Gasteiger partial charge in [0.1, 0.15) is 0 Å². The molecular formula is C18H18N2O2S. The van der Waals surface area contributed by atoms with Gasteiger partial charge >= 0.3 is 6.03 Å². The number of rotatable bonds is 4. The van der Waals surface area contributed by atoms with Gasteiger partial charge in [-0.3, -0.25) is 4.21 Å². The predicted molar refractivity (Wildman–Crippen MR) is 94.8 cm³/mol. The molecule has 2 aromatic rings. The lowest BCUT2D eigenvalue weighted by molar-refractivity contribution is 0.252. The summed E-state index contributed by atoms with van der Waals surface area (Å²) in [5.41, 5.74) is 2.30. The van der Waals surface area contributed by atoms with Crippen LogP contribution in [0.2, 0.25) is 0 Å². The molecule has 23 heavy (non-hydrogen) atoms. The maximum atomic E-state index is 11.9. The summed E-state index contributed by atoms with van der Waals surface area (Å²) in [6.45, 7) is 0.368. The Hall–Kier alpha value is -2.58. The van der Waals surface area contributed by atoms with E-state index in [0.29, 0.717) is 18.0 Å². The van der Waals surface area contributed by atoms with Gasteiger partial charge in [-0.15, -0.1) is 0 Å². The van der Waals surface area contributed by atoms with Crippen LogP contribution in [0.25, 0.3) is 0 Å². The van der Waals surface area contributed by atoms with E-state index in [0.717, 1.165) is 11.1 Å². The van der Waals surface area contributed by atoms with E-state index in [-0.39, 0.29) is 6.03 Å². The molecule has 0 radical (unpaired) electrons. The van der Waals surface area contributed by atoms with Crippen molar-refractivity contribution in [3.63, 3.8) is 0 Å². The summed E-state index contributed by atoms with van der Waals surface area (Å²) in [5, 5.41) is 5.44. The fourth-order valence-electron chi connectivity index (χ4n) is 1.84. The van der Waals surface area contributed by atoms with Crippen molar-refractivity contribution in [3.8, 4) is 11.8 Å². The number of amides is 2. The molecule has 118 valence electrons. The van der Waals surface area contributed by atoms with Crippen molar-refractivity contribution in [2.24, 2.45) is 0 Å². The highest BCUT2D eigenvalue weighted by Crippen LogP contribution is 2.13. The van der Waals surface area contributed by atoms with Gasteiger partial charge in [-0.1, -0.05) is 42.2 Å². The van der Waals surface area contributed by atoms with Gasteiger partial charge in [0.25, 0.3) is 0 Å². The summed E-state index contributed by atoms with van der Waals surface area (Å²) < 4.78 is 11.0. The van der Waals surface area contributed by atoms with Gasteiger partial charge in [0.15, 0.2) is 0 Å². The van der Waals surface area contributed by atoms with Gasteiger partial charge in [-0.2, -0.15) is 0 Å². The maximum Gasteiger partial charge on any atom is 0.319 e. The third-order valence-corrected chi connectivity index (χ3v) is 3.74. The first-order chi connectivity index (χ1) is 11.1. The molecule has 0 bridgehead atoms. The first kappa shape index (κ1) is 16.8. The minimum Gasteiger partial charge on any atom is -0.337 e. The van der Waals surface area contributed by atoms with E-state index >= 15 is 0 Å². The summed E-state index contributed by atoms with van der Waals surface area (Å²) in [4.78, 5) is 11.9. The molecule has 0 saturated carbocycles. The second kappa shape index (κ2) is 8.76. The van der Waals surface area contributed by atoms with Crippen molar-refractivity contribution in [2.75, 3.05) is 23.9 Å². The number of para-hydroxylation sites is 1. The molecule has 0 aromatic heterocycles. The Labute approximate surface area is 138 Å². The van der Waals surface area contributed by atoms with Gasteiger partial charge in [0.2, 0.25) is 0 Å². The molecule has 0 heterocycles. The minimum absolute atomic E-state index is 0.329. The number of carbonyl (C=O) groups is 1. The zero-order chi connectivity index (χ0) is 16.5. The normalized spacial score (nSPS) is 11.0. The Morgan fingerprint density at radius 2 is 1.74 bits per heavy atom. The number of hydrogen-bond acceptors (Lipinski definition) is 2. The van der Waals surface area contributed by atoms with Crippen molar-refractivity contribution in [3.05, 3.63) is 65.7 Å². The Balaban J connectivity index is 2.05. The quantitative estimate of drug-likeness (QED) is 0.849. The molecular weight excluding hydrogens is 308 g/mol. The molecule has 2 N–H and O–H groups in total. The Kier molecular flexibility index (Phi) is 6.40. The average molecular weight is 326 g/mol. The summed E-state index contributed by atoms with van der Waals surface area (Å²) in [6.07, 6.45) is 1.61.